The molecule has 31 heavy (non-hydrogen) atoms. The molecular weight excluding hydrogens is 465 g/mol. The first kappa shape index (κ1) is 22.1. The molecule has 1 aromatic heterocycles. The highest BCUT2D eigenvalue weighted by molar-refractivity contribution is 7.89. The second-order valence-electron chi connectivity index (χ2n) is 7.69. The van der Waals surface area contributed by atoms with E-state index in [1.807, 2.05) is 13.0 Å². The highest BCUT2D eigenvalue weighted by Gasteiger charge is 2.33. The van der Waals surface area contributed by atoms with Crippen LogP contribution in [0.1, 0.15) is 24.6 Å². The van der Waals surface area contributed by atoms with Gasteiger partial charge in [-0.3, -0.25) is 9.59 Å². The molecule has 1 aromatic carbocycles. The Morgan fingerprint density at radius 3 is 2.42 bits per heavy atom. The van der Waals surface area contributed by atoms with E-state index in [-0.39, 0.29) is 26.6 Å². The summed E-state index contributed by atoms with van der Waals surface area (Å²) < 4.78 is 34.7. The van der Waals surface area contributed by atoms with Crippen LogP contribution in [0.25, 0.3) is 0 Å². The molecule has 1 amide bonds. The normalized spacial score (nSPS) is 16.8. The van der Waals surface area contributed by atoms with Gasteiger partial charge in [0.05, 0.1) is 29.7 Å². The first-order chi connectivity index (χ1) is 14.7. The van der Waals surface area contributed by atoms with Crippen molar-refractivity contribution in [2.75, 3.05) is 19.6 Å². The van der Waals surface area contributed by atoms with Crippen LogP contribution in [-0.4, -0.2) is 49.5 Å². The molecule has 8 nitrogen and oxygen atoms in total. The summed E-state index contributed by atoms with van der Waals surface area (Å²) in [6, 6.07) is 7.94. The minimum Gasteiger partial charge on any atom is -0.486 e. The maximum absolute atomic E-state index is 12.4. The highest BCUT2D eigenvalue weighted by Crippen LogP contribution is 2.35. The minimum atomic E-state index is -4.04. The Bertz CT molecular complexity index is 1170. The number of halogens is 2. The van der Waals surface area contributed by atoms with Crippen LogP contribution < -0.4 is 15.0 Å². The van der Waals surface area contributed by atoms with Crippen molar-refractivity contribution < 1.29 is 17.9 Å². The molecule has 4 rings (SSSR count). The second kappa shape index (κ2) is 8.46. The maximum Gasteiger partial charge on any atom is 0.254 e. The van der Waals surface area contributed by atoms with Gasteiger partial charge in [-0.15, -0.1) is 0 Å². The number of nitrogens with zero attached hydrogens (tertiary/aromatic N) is 2. The van der Waals surface area contributed by atoms with Gasteiger partial charge in [0.15, 0.2) is 0 Å². The molecule has 1 saturated heterocycles. The van der Waals surface area contributed by atoms with Crippen molar-refractivity contribution in [1.29, 1.82) is 0 Å². The summed E-state index contributed by atoms with van der Waals surface area (Å²) in [6.45, 7) is 2.06. The lowest BCUT2D eigenvalue weighted by Crippen LogP contribution is -2.58. The lowest BCUT2D eigenvalue weighted by molar-refractivity contribution is -0.138. The molecule has 1 aliphatic heterocycles. The molecule has 2 heterocycles. The fraction of sp³-hybridized carbons (Fsp3) is 0.400. The summed E-state index contributed by atoms with van der Waals surface area (Å²) in [7, 11) is -4.04. The highest BCUT2D eigenvalue weighted by atomic mass is 35.5. The maximum atomic E-state index is 12.4. The average Bonchev–Trinajstić information content (AvgIpc) is 3.46. The van der Waals surface area contributed by atoms with Crippen LogP contribution in [0.4, 0.5) is 0 Å². The Kier molecular flexibility index (Phi) is 6.04. The molecule has 2 fully saturated rings. The Labute approximate surface area is 189 Å². The molecule has 0 bridgehead atoms. The van der Waals surface area contributed by atoms with Gasteiger partial charge < -0.3 is 14.2 Å². The number of hydrogen-bond donors (Lipinski definition) is 1. The lowest BCUT2D eigenvalue weighted by Gasteiger charge is -2.39. The van der Waals surface area contributed by atoms with Crippen LogP contribution in [0.2, 0.25) is 10.0 Å². The van der Waals surface area contributed by atoms with Gasteiger partial charge in [-0.05, 0) is 38.0 Å². The van der Waals surface area contributed by atoms with Gasteiger partial charge in [-0.2, -0.15) is 0 Å². The molecule has 1 N–H and O–H groups in total. The van der Waals surface area contributed by atoms with Gasteiger partial charge in [-0.25, -0.2) is 13.1 Å². The third-order valence-corrected chi connectivity index (χ3v) is 7.61. The Hall–Kier alpha value is -2.07. The molecule has 166 valence electrons. The van der Waals surface area contributed by atoms with Crippen molar-refractivity contribution in [3.8, 4) is 5.75 Å². The van der Waals surface area contributed by atoms with Gasteiger partial charge >= 0.3 is 0 Å². The van der Waals surface area contributed by atoms with E-state index in [0.717, 1.165) is 18.5 Å². The summed E-state index contributed by atoms with van der Waals surface area (Å²) >= 11 is 11.9. The summed E-state index contributed by atoms with van der Waals surface area (Å²) in [5.74, 6) is 0.0810. The molecule has 2 aromatic rings. The molecule has 2 aliphatic rings. The van der Waals surface area contributed by atoms with Crippen molar-refractivity contribution in [1.82, 2.24) is 14.2 Å². The van der Waals surface area contributed by atoms with E-state index in [9.17, 15) is 18.0 Å². The summed E-state index contributed by atoms with van der Waals surface area (Å²) in [5, 5.41) is -0.0486. The number of likely N-dealkylation sites (tertiary alicyclic amines) is 1. The minimum absolute atomic E-state index is 0.0243. The molecule has 1 saturated carbocycles. The molecule has 1 aliphatic carbocycles. The number of pyridine rings is 1. The summed E-state index contributed by atoms with van der Waals surface area (Å²) in [5.41, 5.74) is 0.766. The number of aryl methyl sites for hydroxylation is 1. The molecular formula is C20H21Cl2N3O5S. The zero-order valence-electron chi connectivity index (χ0n) is 16.7. The first-order valence-electron chi connectivity index (χ1n) is 9.77. The van der Waals surface area contributed by atoms with Crippen molar-refractivity contribution in [3.63, 3.8) is 0 Å². The van der Waals surface area contributed by atoms with Crippen molar-refractivity contribution in [3.05, 3.63) is 56.4 Å². The van der Waals surface area contributed by atoms with Crippen LogP contribution in [0.5, 0.6) is 5.75 Å². The largest absolute Gasteiger partial charge is 0.486 e. The third-order valence-electron chi connectivity index (χ3n) is 5.25. The Balaban J connectivity index is 1.30. The summed E-state index contributed by atoms with van der Waals surface area (Å²) in [4.78, 5) is 25.8. The van der Waals surface area contributed by atoms with E-state index in [1.54, 1.807) is 4.57 Å². The smallest absolute Gasteiger partial charge is 0.254 e. The molecule has 0 spiro atoms. The number of carbonyl (C=O) groups is 1. The zero-order valence-corrected chi connectivity index (χ0v) is 19.0. The number of hydrogen-bond acceptors (Lipinski definition) is 5. The number of aromatic nitrogens is 1. The lowest BCUT2D eigenvalue weighted by atomic mass is 10.1. The van der Waals surface area contributed by atoms with Crippen molar-refractivity contribution in [2.45, 2.75) is 36.8 Å². The first-order valence-corrected chi connectivity index (χ1v) is 12.0. The van der Waals surface area contributed by atoms with Crippen LogP contribution >= 0.6 is 23.2 Å². The zero-order chi connectivity index (χ0) is 22.3. The van der Waals surface area contributed by atoms with Crippen LogP contribution in [0.3, 0.4) is 0 Å². The number of benzene rings is 1. The van der Waals surface area contributed by atoms with Crippen molar-refractivity contribution >= 4 is 39.1 Å². The number of nitrogens with one attached hydrogen (secondary N) is 1. The van der Waals surface area contributed by atoms with E-state index in [2.05, 4.69) is 4.72 Å². The average molecular weight is 486 g/mol. The molecule has 11 heteroatoms. The Morgan fingerprint density at radius 2 is 1.84 bits per heavy atom. The van der Waals surface area contributed by atoms with E-state index < -0.39 is 22.5 Å². The van der Waals surface area contributed by atoms with E-state index in [1.165, 1.54) is 29.2 Å². The predicted octanol–water partition coefficient (Wildman–Crippen LogP) is 2.37. The van der Waals surface area contributed by atoms with Gasteiger partial charge in [0, 0.05) is 17.8 Å². The number of amides is 1. The number of rotatable bonds is 7. The van der Waals surface area contributed by atoms with E-state index >= 15 is 0 Å². The standard InChI is InChI=1S/C20H21Cl2N3O5S/c1-12-7-14(8-18(26)25(12)13-5-6-13)30-15-10-24(11-15)19(27)9-23-31(28,29)20-16(21)3-2-4-17(20)22/h2-4,7-8,13,15,23H,5-6,9-11H2,1H3. The van der Waals surface area contributed by atoms with Gasteiger partial charge in [0.1, 0.15) is 16.7 Å². The number of ether oxygens (including phenoxy) is 1. The molecule has 0 radical (unpaired) electrons. The topological polar surface area (TPSA) is 97.7 Å². The van der Waals surface area contributed by atoms with E-state index in [4.69, 9.17) is 27.9 Å². The number of carbonyl (C=O) groups excluding carboxylic acids is 1. The fourth-order valence-electron chi connectivity index (χ4n) is 3.54. The second-order valence-corrected chi connectivity index (χ2v) is 10.2. The Morgan fingerprint density at radius 1 is 1.19 bits per heavy atom. The van der Waals surface area contributed by atoms with E-state index in [0.29, 0.717) is 24.9 Å². The SMILES string of the molecule is Cc1cc(OC2CN(C(=O)CNS(=O)(=O)c3c(Cl)cccc3Cl)C2)cc(=O)n1C1CC1. The quantitative estimate of drug-likeness (QED) is 0.648. The van der Waals surface area contributed by atoms with Gasteiger partial charge in [-0.1, -0.05) is 29.3 Å². The molecule has 0 unspecified atom stereocenters. The monoisotopic (exact) mass is 485 g/mol. The summed E-state index contributed by atoms with van der Waals surface area (Å²) in [6.07, 6.45) is 1.79. The van der Waals surface area contributed by atoms with Gasteiger partial charge in [0.2, 0.25) is 15.9 Å². The van der Waals surface area contributed by atoms with Crippen molar-refractivity contribution in [2.24, 2.45) is 0 Å². The molecule has 0 atom stereocenters. The van der Waals surface area contributed by atoms with Crippen LogP contribution in [0.15, 0.2) is 40.0 Å². The fourth-order valence-corrected chi connectivity index (χ4v) is 5.65. The number of sulfonamides is 1. The third kappa shape index (κ3) is 4.74. The van der Waals surface area contributed by atoms with Crippen LogP contribution in [-0.2, 0) is 14.8 Å². The van der Waals surface area contributed by atoms with Gasteiger partial charge in [0.25, 0.3) is 5.56 Å². The predicted molar refractivity (Wildman–Crippen MR) is 116 cm³/mol. The van der Waals surface area contributed by atoms with Crippen LogP contribution in [0, 0.1) is 6.92 Å².